The Morgan fingerprint density at radius 1 is 0.769 bits per heavy atom. The Hall–Kier alpha value is -0.680. The van der Waals surface area contributed by atoms with Crippen molar-refractivity contribution in [2.75, 3.05) is 19.8 Å². The maximum Gasteiger partial charge on any atom is 0.176 e. The largest absolute Gasteiger partial charge is 0.394 e. The molecule has 3 aliphatic rings. The van der Waals surface area contributed by atoms with Crippen LogP contribution in [0.2, 0.25) is 0 Å². The molecule has 0 amide bonds. The first kappa shape index (κ1) is 32.8. The monoisotopic (exact) mass is 573 g/mol. The van der Waals surface area contributed by atoms with Crippen molar-refractivity contribution >= 4 is 0 Å². The fourth-order valence-corrected chi connectivity index (χ4v) is 5.05. The van der Waals surface area contributed by atoms with Crippen LogP contribution in [-0.4, -0.2) is 163 Å². The highest BCUT2D eigenvalue weighted by atomic mass is 16.7. The SMILES string of the molecule is CCC(O)C[C@]1(CO)O[C@H](OC2[C@@H](CO)O[C@@H](OC3[C@@H](CO)O[C@@H](O)[C@H](N)[C@H]3O)[C@H](N)[C@H]2O)[C@H](N)[C@@H](O)[C@@H]1O. The fraction of sp³-hybridized carbons (Fsp3) is 1.00. The third-order valence-electron chi connectivity index (χ3n) is 7.65. The summed E-state index contributed by atoms with van der Waals surface area (Å²) in [5.74, 6) is 0. The van der Waals surface area contributed by atoms with E-state index in [1.165, 1.54) is 0 Å². The van der Waals surface area contributed by atoms with Gasteiger partial charge in [0.25, 0.3) is 0 Å². The second kappa shape index (κ2) is 13.5. The number of aliphatic hydroxyl groups is 9. The van der Waals surface area contributed by atoms with Gasteiger partial charge in [0.2, 0.25) is 0 Å². The molecule has 17 heteroatoms. The molecule has 3 saturated heterocycles. The lowest BCUT2D eigenvalue weighted by Gasteiger charge is -2.51. The van der Waals surface area contributed by atoms with Gasteiger partial charge in [-0.3, -0.25) is 0 Å². The summed E-state index contributed by atoms with van der Waals surface area (Å²) in [6, 6.07) is -4.06. The molecule has 3 fully saturated rings. The minimum atomic E-state index is -1.86. The second-order valence-corrected chi connectivity index (χ2v) is 10.3. The van der Waals surface area contributed by atoms with Crippen molar-refractivity contribution in [2.24, 2.45) is 17.2 Å². The first-order valence-electron chi connectivity index (χ1n) is 12.8. The number of nitrogens with two attached hydrogens (primary N) is 3. The van der Waals surface area contributed by atoms with E-state index in [4.69, 9.17) is 40.9 Å². The van der Waals surface area contributed by atoms with Crippen molar-refractivity contribution in [3.63, 3.8) is 0 Å². The summed E-state index contributed by atoms with van der Waals surface area (Å²) in [6.45, 7) is -0.562. The molecule has 0 bridgehead atoms. The summed E-state index contributed by atoms with van der Waals surface area (Å²) in [5, 5.41) is 92.2. The molecular formula is C22H43N3O14. The minimum Gasteiger partial charge on any atom is -0.394 e. The smallest absolute Gasteiger partial charge is 0.176 e. The first-order chi connectivity index (χ1) is 18.3. The summed E-state index contributed by atoms with van der Waals surface area (Å²) in [6.07, 6.45) is -17.5. The van der Waals surface area contributed by atoms with E-state index in [-0.39, 0.29) is 12.8 Å². The summed E-state index contributed by atoms with van der Waals surface area (Å²) >= 11 is 0. The highest BCUT2D eigenvalue weighted by Crippen LogP contribution is 2.36. The van der Waals surface area contributed by atoms with Crippen LogP contribution in [0.3, 0.4) is 0 Å². The topological polar surface area (TPSA) is 306 Å². The van der Waals surface area contributed by atoms with Gasteiger partial charge in [-0.1, -0.05) is 6.92 Å². The average Bonchev–Trinajstić information content (AvgIpc) is 2.93. The third-order valence-corrected chi connectivity index (χ3v) is 7.65. The van der Waals surface area contributed by atoms with E-state index < -0.39 is 117 Å². The Balaban J connectivity index is 1.77. The van der Waals surface area contributed by atoms with Crippen LogP contribution < -0.4 is 17.2 Å². The van der Waals surface area contributed by atoms with Crippen molar-refractivity contribution in [1.29, 1.82) is 0 Å². The van der Waals surface area contributed by atoms with E-state index in [0.29, 0.717) is 0 Å². The van der Waals surface area contributed by atoms with Crippen LogP contribution in [0, 0.1) is 0 Å². The third kappa shape index (κ3) is 6.55. The first-order valence-corrected chi connectivity index (χ1v) is 12.8. The Kier molecular flexibility index (Phi) is 11.4. The number of hydrogen-bond acceptors (Lipinski definition) is 17. The predicted octanol–water partition coefficient (Wildman–Crippen LogP) is -7.14. The molecule has 3 rings (SSSR count). The van der Waals surface area contributed by atoms with E-state index in [1.807, 2.05) is 0 Å². The van der Waals surface area contributed by atoms with Gasteiger partial charge in [-0.05, 0) is 6.42 Å². The number of hydrogen-bond donors (Lipinski definition) is 12. The zero-order chi connectivity index (χ0) is 29.2. The van der Waals surface area contributed by atoms with Gasteiger partial charge in [0.15, 0.2) is 18.9 Å². The van der Waals surface area contributed by atoms with Gasteiger partial charge in [-0.2, -0.15) is 0 Å². The number of aliphatic hydroxyl groups excluding tert-OH is 9. The number of rotatable bonds is 10. The van der Waals surface area contributed by atoms with E-state index in [9.17, 15) is 46.0 Å². The lowest BCUT2D eigenvalue weighted by atomic mass is 9.82. The lowest BCUT2D eigenvalue weighted by molar-refractivity contribution is -0.362. The molecule has 17 nitrogen and oxygen atoms in total. The Morgan fingerprint density at radius 3 is 1.82 bits per heavy atom. The van der Waals surface area contributed by atoms with Crippen molar-refractivity contribution in [2.45, 2.75) is 117 Å². The van der Waals surface area contributed by atoms with Gasteiger partial charge in [0.1, 0.15) is 54.4 Å². The Morgan fingerprint density at radius 2 is 1.28 bits per heavy atom. The lowest BCUT2D eigenvalue weighted by Crippen LogP contribution is -2.71. The van der Waals surface area contributed by atoms with Crippen molar-refractivity contribution in [3.05, 3.63) is 0 Å². The fourth-order valence-electron chi connectivity index (χ4n) is 5.05. The second-order valence-electron chi connectivity index (χ2n) is 10.3. The van der Waals surface area contributed by atoms with Crippen LogP contribution in [0.5, 0.6) is 0 Å². The van der Waals surface area contributed by atoms with Gasteiger partial charge in [-0.15, -0.1) is 0 Å². The molecule has 39 heavy (non-hydrogen) atoms. The molecule has 3 unspecified atom stereocenters. The molecule has 0 aromatic rings. The van der Waals surface area contributed by atoms with Crippen molar-refractivity contribution in [1.82, 2.24) is 0 Å². The molecular weight excluding hydrogens is 530 g/mol. The molecule has 230 valence electrons. The van der Waals surface area contributed by atoms with Crippen LogP contribution in [0.15, 0.2) is 0 Å². The predicted molar refractivity (Wildman–Crippen MR) is 127 cm³/mol. The highest BCUT2D eigenvalue weighted by molar-refractivity contribution is 5.04. The molecule has 0 aromatic heterocycles. The Bertz CT molecular complexity index is 770. The molecule has 16 atom stereocenters. The standard InChI is InChI=1S/C22H43N3O14/c1-2-7(29)3-22(6-28)18(33)15(32)12(25)21(39-22)38-17-9(5-27)36-20(11(24)14(17)31)37-16-8(4-26)35-19(34)10(23)13(16)30/h7-21,26-34H,2-6,23-25H2,1H3/t7?,8-,9-,10-,11-,12-,13-,14-,15-,16?,17?,18+,19-,20+,21+,22-/m1/s1. The zero-order valence-electron chi connectivity index (χ0n) is 21.5. The van der Waals surface area contributed by atoms with Crippen LogP contribution in [0.25, 0.3) is 0 Å². The zero-order valence-corrected chi connectivity index (χ0v) is 21.5. The molecule has 3 heterocycles. The van der Waals surface area contributed by atoms with Crippen LogP contribution >= 0.6 is 0 Å². The van der Waals surface area contributed by atoms with Crippen LogP contribution in [0.4, 0.5) is 0 Å². The summed E-state index contributed by atoms with van der Waals surface area (Å²) in [7, 11) is 0. The van der Waals surface area contributed by atoms with E-state index in [2.05, 4.69) is 0 Å². The van der Waals surface area contributed by atoms with Gasteiger partial charge >= 0.3 is 0 Å². The normalized spacial score (nSPS) is 50.1. The maximum absolute atomic E-state index is 11.0. The summed E-state index contributed by atoms with van der Waals surface area (Å²) in [4.78, 5) is 0. The Labute approximate surface area is 224 Å². The van der Waals surface area contributed by atoms with E-state index in [1.54, 1.807) is 6.92 Å². The average molecular weight is 574 g/mol. The van der Waals surface area contributed by atoms with Gasteiger partial charge < -0.3 is 86.8 Å². The van der Waals surface area contributed by atoms with Gasteiger partial charge in [-0.25, -0.2) is 0 Å². The quantitative estimate of drug-likeness (QED) is 0.115. The molecule has 3 aliphatic heterocycles. The van der Waals surface area contributed by atoms with E-state index in [0.717, 1.165) is 0 Å². The molecule has 0 aromatic carbocycles. The minimum absolute atomic E-state index is 0.255. The van der Waals surface area contributed by atoms with Crippen LogP contribution in [0.1, 0.15) is 19.8 Å². The summed E-state index contributed by atoms with van der Waals surface area (Å²) < 4.78 is 28.1. The van der Waals surface area contributed by atoms with Gasteiger partial charge in [0, 0.05) is 6.42 Å². The van der Waals surface area contributed by atoms with E-state index >= 15 is 0 Å². The number of ether oxygens (including phenoxy) is 5. The molecule has 0 saturated carbocycles. The molecule has 15 N–H and O–H groups in total. The highest BCUT2D eigenvalue weighted by Gasteiger charge is 2.56. The molecule has 0 spiro atoms. The maximum atomic E-state index is 11.0. The van der Waals surface area contributed by atoms with Gasteiger partial charge in [0.05, 0.1) is 44.1 Å². The van der Waals surface area contributed by atoms with Crippen molar-refractivity contribution in [3.8, 4) is 0 Å². The van der Waals surface area contributed by atoms with Crippen molar-refractivity contribution < 1.29 is 69.6 Å². The van der Waals surface area contributed by atoms with Crippen LogP contribution in [-0.2, 0) is 23.7 Å². The summed E-state index contributed by atoms with van der Waals surface area (Å²) in [5.41, 5.74) is 16.0. The molecule has 0 aliphatic carbocycles. The molecule has 0 radical (unpaired) electrons.